The van der Waals surface area contributed by atoms with E-state index >= 15 is 0 Å². The molecule has 0 bridgehead atoms. The second kappa shape index (κ2) is 5.82. The summed E-state index contributed by atoms with van der Waals surface area (Å²) < 4.78 is 3.06. The van der Waals surface area contributed by atoms with Gasteiger partial charge in [0.05, 0.1) is 6.33 Å². The predicted octanol–water partition coefficient (Wildman–Crippen LogP) is 0.375. The van der Waals surface area contributed by atoms with Crippen LogP contribution in [0.25, 0.3) is 0 Å². The summed E-state index contributed by atoms with van der Waals surface area (Å²) in [6.07, 6.45) is 5.08. The third-order valence-electron chi connectivity index (χ3n) is 0.406. The van der Waals surface area contributed by atoms with Crippen molar-refractivity contribution in [3.05, 3.63) is 18.7 Å². The number of aromatic amines is 1. The number of H-pyrrole nitrogens is 1. The fourth-order valence-electron chi connectivity index (χ4n) is 0.215. The van der Waals surface area contributed by atoms with E-state index in [0.29, 0.717) is 0 Å². The second-order valence-corrected chi connectivity index (χ2v) is 0.761. The Kier molecular flexibility index (Phi) is 5.67. The minimum absolute atomic E-state index is 1.62. The molecule has 0 aliphatic rings. The standard InChI is InChI=1S/C3H4N2.CH2.Ag/c1-2-5-3-4-1;;/h1-3H,(H,4,5);1H2;. The van der Waals surface area contributed by atoms with Crippen LogP contribution in [0.3, 0.4) is 0 Å². The summed E-state index contributed by atoms with van der Waals surface area (Å²) in [7, 11) is 0. The summed E-state index contributed by atoms with van der Waals surface area (Å²) in [5.74, 6) is 0. The molecule has 7 heavy (non-hydrogen) atoms. The van der Waals surface area contributed by atoms with Crippen LogP contribution in [0, 0.1) is 0 Å². The molecular formula is C4H6AgN2. The molecule has 1 N–H and O–H groups in total. The first-order valence-corrected chi connectivity index (χ1v) is 2.69. The molecule has 0 atom stereocenters. The molecule has 1 rings (SSSR count). The van der Waals surface area contributed by atoms with Crippen molar-refractivity contribution in [3.63, 3.8) is 0 Å². The Balaban J connectivity index is 0.000000162. The van der Waals surface area contributed by atoms with Crippen LogP contribution in [0.5, 0.6) is 0 Å². The summed E-state index contributed by atoms with van der Waals surface area (Å²) in [5.41, 5.74) is 0. The van der Waals surface area contributed by atoms with E-state index in [0.717, 1.165) is 0 Å². The summed E-state index contributed by atoms with van der Waals surface area (Å²) in [5, 5.41) is 0. The molecule has 0 radical (unpaired) electrons. The zero-order valence-electron chi connectivity index (χ0n) is 3.69. The first-order chi connectivity index (χ1) is 3.50. The summed E-state index contributed by atoms with van der Waals surface area (Å²) in [6, 6.07) is 0. The van der Waals surface area contributed by atoms with Crippen LogP contribution in [0.4, 0.5) is 0 Å². The maximum atomic E-state index is 3.67. The van der Waals surface area contributed by atoms with Gasteiger partial charge in [0.1, 0.15) is 0 Å². The number of nitrogens with zero attached hydrogens (tertiary/aromatic N) is 1. The van der Waals surface area contributed by atoms with Crippen molar-refractivity contribution >= 4 is 4.73 Å². The van der Waals surface area contributed by atoms with Gasteiger partial charge < -0.3 is 4.98 Å². The van der Waals surface area contributed by atoms with Crippen molar-refractivity contribution in [3.8, 4) is 0 Å². The molecular weight excluding hydrogens is 184 g/mol. The molecule has 0 saturated carbocycles. The van der Waals surface area contributed by atoms with Crippen LogP contribution in [-0.2, 0) is 20.6 Å². The number of aromatic nitrogens is 2. The average molecular weight is 190 g/mol. The monoisotopic (exact) mass is 189 g/mol. The van der Waals surface area contributed by atoms with E-state index in [-0.39, 0.29) is 0 Å². The van der Waals surface area contributed by atoms with Gasteiger partial charge in [-0.25, -0.2) is 4.98 Å². The van der Waals surface area contributed by atoms with Crippen molar-refractivity contribution in [2.45, 2.75) is 0 Å². The molecule has 0 saturated heterocycles. The number of hydrogen-bond donors (Lipinski definition) is 1. The topological polar surface area (TPSA) is 28.7 Å². The van der Waals surface area contributed by atoms with Gasteiger partial charge in [0.25, 0.3) is 0 Å². The number of rotatable bonds is 0. The van der Waals surface area contributed by atoms with Gasteiger partial charge in [0.15, 0.2) is 0 Å². The molecule has 1 heterocycles. The zero-order chi connectivity index (χ0) is 5.54. The van der Waals surface area contributed by atoms with Crippen LogP contribution in [-0.4, -0.2) is 14.7 Å². The average Bonchev–Trinajstić information content (AvgIpc) is 2.23. The minimum atomic E-state index is 1.62. The molecule has 1 aromatic rings. The maximum Gasteiger partial charge on any atom is 0.0919 e. The van der Waals surface area contributed by atoms with Gasteiger partial charge in [0.2, 0.25) is 0 Å². The van der Waals surface area contributed by atoms with Crippen LogP contribution in [0.1, 0.15) is 0 Å². The zero-order valence-corrected chi connectivity index (χ0v) is 5.17. The fraction of sp³-hybridized carbons (Fsp3) is 0. The van der Waals surface area contributed by atoms with Gasteiger partial charge in [-0.1, -0.05) is 0 Å². The van der Waals surface area contributed by atoms with Crippen LogP contribution in [0.2, 0.25) is 0 Å². The first-order valence-electron chi connectivity index (χ1n) is 1.64. The summed E-state index contributed by atoms with van der Waals surface area (Å²) >= 11 is 2.70. The van der Waals surface area contributed by atoms with E-state index in [1.54, 1.807) is 18.7 Å². The van der Waals surface area contributed by atoms with Crippen molar-refractivity contribution in [2.24, 2.45) is 0 Å². The van der Waals surface area contributed by atoms with Gasteiger partial charge in [-0.3, -0.25) is 0 Å². The van der Waals surface area contributed by atoms with Gasteiger partial charge in [-0.05, 0) is 0 Å². The molecule has 3 heteroatoms. The number of imidazole rings is 1. The third kappa shape index (κ3) is 3.66. The van der Waals surface area contributed by atoms with Gasteiger partial charge in [-0.15, -0.1) is 0 Å². The number of hydrogen-bond acceptors (Lipinski definition) is 1. The fourth-order valence-corrected chi connectivity index (χ4v) is 0.215. The Morgan fingerprint density at radius 3 is 2.43 bits per heavy atom. The van der Waals surface area contributed by atoms with Crippen molar-refractivity contribution < 1.29 is 20.6 Å². The molecule has 0 unspecified atom stereocenters. The van der Waals surface area contributed by atoms with Crippen molar-refractivity contribution in [1.82, 2.24) is 9.97 Å². The predicted molar refractivity (Wildman–Crippen MR) is 25.7 cm³/mol. The molecule has 0 aromatic carbocycles. The summed E-state index contributed by atoms with van der Waals surface area (Å²) in [4.78, 5) is 6.42. The van der Waals surface area contributed by atoms with Gasteiger partial charge in [0, 0.05) is 12.4 Å². The van der Waals surface area contributed by atoms with E-state index in [4.69, 9.17) is 0 Å². The molecule has 2 nitrogen and oxygen atoms in total. The van der Waals surface area contributed by atoms with Crippen LogP contribution in [0.15, 0.2) is 18.7 Å². The van der Waals surface area contributed by atoms with E-state index in [1.807, 2.05) is 0 Å². The molecule has 0 spiro atoms. The second-order valence-electron chi connectivity index (χ2n) is 0.761. The minimum Gasteiger partial charge on any atom is -0.351 e. The first kappa shape index (κ1) is 6.82. The Hall–Kier alpha value is -0.180. The van der Waals surface area contributed by atoms with Crippen LogP contribution >= 0.6 is 0 Å². The van der Waals surface area contributed by atoms with Gasteiger partial charge >= 0.3 is 25.3 Å². The Morgan fingerprint density at radius 1 is 1.57 bits per heavy atom. The molecule has 1 aromatic heterocycles. The Labute approximate surface area is 54.4 Å². The van der Waals surface area contributed by atoms with E-state index in [9.17, 15) is 0 Å². The largest absolute Gasteiger partial charge is 0.351 e. The normalized spacial score (nSPS) is 6.57. The van der Waals surface area contributed by atoms with Crippen molar-refractivity contribution in [1.29, 1.82) is 0 Å². The molecule has 0 aliphatic heterocycles. The van der Waals surface area contributed by atoms with E-state index in [1.165, 1.54) is 0 Å². The molecule has 0 aliphatic carbocycles. The summed E-state index contributed by atoms with van der Waals surface area (Å²) in [6.45, 7) is 0. The SMILES string of the molecule is [CH2]=[Ag].c1c[nH]cn1. The van der Waals surface area contributed by atoms with Crippen molar-refractivity contribution in [2.75, 3.05) is 0 Å². The van der Waals surface area contributed by atoms with E-state index in [2.05, 4.69) is 35.3 Å². The molecule has 0 fully saturated rings. The van der Waals surface area contributed by atoms with Gasteiger partial charge in [-0.2, -0.15) is 0 Å². The number of nitrogens with one attached hydrogen (secondary N) is 1. The molecule has 43 valence electrons. The Morgan fingerprint density at radius 2 is 2.29 bits per heavy atom. The Bertz CT molecular complexity index is 76.6. The maximum absolute atomic E-state index is 3.67. The van der Waals surface area contributed by atoms with Crippen LogP contribution < -0.4 is 0 Å². The van der Waals surface area contributed by atoms with E-state index < -0.39 is 0 Å². The quantitative estimate of drug-likeness (QED) is 0.588. The molecule has 0 amide bonds. The smallest absolute Gasteiger partial charge is 0.0919 e. The third-order valence-corrected chi connectivity index (χ3v) is 0.406.